The molecule has 1 N–H and O–H groups in total. The number of nitrogens with one attached hydrogen (secondary N) is 1. The Kier molecular flexibility index (Phi) is 8.77. The first-order valence-corrected chi connectivity index (χ1v) is 7.58. The molecule has 112 valence electrons. The fourth-order valence-corrected chi connectivity index (χ4v) is 2.95. The highest BCUT2D eigenvalue weighted by Gasteiger charge is 2.15. The topological polar surface area (TPSA) is 30.9 Å². The lowest BCUT2D eigenvalue weighted by Crippen LogP contribution is -2.43. The molecule has 2 rings (SSSR count). The summed E-state index contributed by atoms with van der Waals surface area (Å²) in [5, 5.41) is 3.51. The molecule has 0 unspecified atom stereocenters. The maximum atomic E-state index is 4.38. The van der Waals surface area contributed by atoms with E-state index < -0.39 is 0 Å². The molecule has 0 aromatic heterocycles. The van der Waals surface area contributed by atoms with Crippen LogP contribution in [0.5, 0.6) is 0 Å². The number of likely N-dealkylation sites (tertiary alicyclic amines) is 2. The molecule has 0 amide bonds. The van der Waals surface area contributed by atoms with Gasteiger partial charge in [-0.3, -0.25) is 4.99 Å². The molecule has 0 saturated carbocycles. The molecule has 19 heavy (non-hydrogen) atoms. The highest BCUT2D eigenvalue weighted by atomic mass is 127. The van der Waals surface area contributed by atoms with Crippen molar-refractivity contribution in [3.63, 3.8) is 0 Å². The van der Waals surface area contributed by atoms with Crippen LogP contribution in [0, 0.1) is 0 Å². The third-order valence-electron chi connectivity index (χ3n) is 4.03. The summed E-state index contributed by atoms with van der Waals surface area (Å²) in [7, 11) is 1.90. The Morgan fingerprint density at radius 2 is 1.53 bits per heavy atom. The predicted octanol–water partition coefficient (Wildman–Crippen LogP) is 2.15. The highest BCUT2D eigenvalue weighted by molar-refractivity contribution is 14.0. The Balaban J connectivity index is 0.00000180. The van der Waals surface area contributed by atoms with Crippen molar-refractivity contribution in [1.29, 1.82) is 0 Å². The van der Waals surface area contributed by atoms with Crippen molar-refractivity contribution in [3.05, 3.63) is 0 Å². The maximum absolute atomic E-state index is 4.38. The number of hydrogen-bond acceptors (Lipinski definition) is 2. The first-order valence-electron chi connectivity index (χ1n) is 7.58. The van der Waals surface area contributed by atoms with Crippen LogP contribution in [0.3, 0.4) is 0 Å². The van der Waals surface area contributed by atoms with Crippen molar-refractivity contribution in [2.75, 3.05) is 46.3 Å². The second-order valence-corrected chi connectivity index (χ2v) is 5.42. The minimum absolute atomic E-state index is 0. The zero-order valence-corrected chi connectivity index (χ0v) is 14.6. The minimum Gasteiger partial charge on any atom is -0.355 e. The smallest absolute Gasteiger partial charge is 0.193 e. The van der Waals surface area contributed by atoms with Gasteiger partial charge in [0, 0.05) is 33.2 Å². The van der Waals surface area contributed by atoms with Crippen LogP contribution >= 0.6 is 24.0 Å². The number of rotatable bonds is 3. The fourth-order valence-electron chi connectivity index (χ4n) is 2.95. The normalized spacial score (nSPS) is 21.9. The van der Waals surface area contributed by atoms with Crippen molar-refractivity contribution in [3.8, 4) is 0 Å². The van der Waals surface area contributed by atoms with E-state index in [1.807, 2.05) is 7.05 Å². The Morgan fingerprint density at radius 1 is 0.947 bits per heavy atom. The van der Waals surface area contributed by atoms with Gasteiger partial charge in [-0.25, -0.2) is 0 Å². The van der Waals surface area contributed by atoms with Crippen molar-refractivity contribution >= 4 is 29.9 Å². The first-order chi connectivity index (χ1) is 8.90. The number of guanidine groups is 1. The molecule has 0 aromatic carbocycles. The zero-order valence-electron chi connectivity index (χ0n) is 12.2. The number of aliphatic imine (C=N–C) groups is 1. The summed E-state index contributed by atoms with van der Waals surface area (Å²) in [5.41, 5.74) is 0. The summed E-state index contributed by atoms with van der Waals surface area (Å²) in [6, 6.07) is 0. The zero-order chi connectivity index (χ0) is 12.6. The van der Waals surface area contributed by atoms with Gasteiger partial charge in [-0.05, 0) is 38.8 Å². The molecule has 2 fully saturated rings. The number of hydrogen-bond donors (Lipinski definition) is 1. The third kappa shape index (κ3) is 5.85. The summed E-state index contributed by atoms with van der Waals surface area (Å²) >= 11 is 0. The van der Waals surface area contributed by atoms with Gasteiger partial charge in [0.2, 0.25) is 0 Å². The standard InChI is InChI=1S/C14H28N4.HI/c1-15-14(18-11-6-7-12-18)16-8-13-17-9-4-2-3-5-10-17;/h2-13H2,1H3,(H,15,16);1H. The largest absolute Gasteiger partial charge is 0.355 e. The van der Waals surface area contributed by atoms with Crippen LogP contribution in [0.2, 0.25) is 0 Å². The molecule has 4 nitrogen and oxygen atoms in total. The minimum atomic E-state index is 0. The molecule has 5 heteroatoms. The molecule has 0 spiro atoms. The van der Waals surface area contributed by atoms with E-state index in [9.17, 15) is 0 Å². The Labute approximate surface area is 135 Å². The van der Waals surface area contributed by atoms with Crippen molar-refractivity contribution in [2.45, 2.75) is 38.5 Å². The lowest BCUT2D eigenvalue weighted by atomic mass is 10.2. The maximum Gasteiger partial charge on any atom is 0.193 e. The van der Waals surface area contributed by atoms with Crippen LogP contribution < -0.4 is 5.32 Å². The number of nitrogens with zero attached hydrogens (tertiary/aromatic N) is 3. The monoisotopic (exact) mass is 380 g/mol. The summed E-state index contributed by atoms with van der Waals surface area (Å²) in [4.78, 5) is 9.36. The van der Waals surface area contributed by atoms with Crippen LogP contribution in [0.25, 0.3) is 0 Å². The van der Waals surface area contributed by atoms with Crippen LogP contribution in [0.4, 0.5) is 0 Å². The van der Waals surface area contributed by atoms with Gasteiger partial charge in [-0.1, -0.05) is 12.8 Å². The average molecular weight is 380 g/mol. The molecular formula is C14H29IN4. The molecule has 0 aromatic rings. The molecule has 0 radical (unpaired) electrons. The molecule has 0 aliphatic carbocycles. The fraction of sp³-hybridized carbons (Fsp3) is 0.929. The Bertz CT molecular complexity index is 256. The molecule has 2 aliphatic heterocycles. The molecule has 2 saturated heterocycles. The molecule has 0 atom stereocenters. The van der Waals surface area contributed by atoms with E-state index in [-0.39, 0.29) is 24.0 Å². The van der Waals surface area contributed by atoms with Crippen LogP contribution in [0.15, 0.2) is 4.99 Å². The van der Waals surface area contributed by atoms with Gasteiger partial charge in [0.1, 0.15) is 0 Å². The Morgan fingerprint density at radius 3 is 2.11 bits per heavy atom. The van der Waals surface area contributed by atoms with E-state index in [4.69, 9.17) is 0 Å². The third-order valence-corrected chi connectivity index (χ3v) is 4.03. The van der Waals surface area contributed by atoms with Crippen molar-refractivity contribution in [2.24, 2.45) is 4.99 Å². The summed E-state index contributed by atoms with van der Waals surface area (Å²) in [6.07, 6.45) is 8.21. The number of halogens is 1. The molecule has 2 heterocycles. The van der Waals surface area contributed by atoms with E-state index in [1.165, 1.54) is 64.7 Å². The van der Waals surface area contributed by atoms with Gasteiger partial charge in [-0.15, -0.1) is 24.0 Å². The summed E-state index contributed by atoms with van der Waals surface area (Å²) < 4.78 is 0. The highest BCUT2D eigenvalue weighted by Crippen LogP contribution is 2.09. The van der Waals surface area contributed by atoms with E-state index in [0.29, 0.717) is 0 Å². The molecule has 0 bridgehead atoms. The predicted molar refractivity (Wildman–Crippen MR) is 92.5 cm³/mol. The van der Waals surface area contributed by atoms with E-state index >= 15 is 0 Å². The van der Waals surface area contributed by atoms with Gasteiger partial charge < -0.3 is 15.1 Å². The van der Waals surface area contributed by atoms with Gasteiger partial charge >= 0.3 is 0 Å². The second kappa shape index (κ2) is 9.80. The average Bonchev–Trinajstić information content (AvgIpc) is 2.79. The molecule has 2 aliphatic rings. The summed E-state index contributed by atoms with van der Waals surface area (Å²) in [6.45, 7) is 7.09. The van der Waals surface area contributed by atoms with Crippen LogP contribution in [-0.4, -0.2) is 62.1 Å². The van der Waals surface area contributed by atoms with Gasteiger partial charge in [0.05, 0.1) is 0 Å². The second-order valence-electron chi connectivity index (χ2n) is 5.42. The van der Waals surface area contributed by atoms with Gasteiger partial charge in [-0.2, -0.15) is 0 Å². The van der Waals surface area contributed by atoms with Crippen LogP contribution in [-0.2, 0) is 0 Å². The Hall–Kier alpha value is -0.0400. The quantitative estimate of drug-likeness (QED) is 0.463. The summed E-state index contributed by atoms with van der Waals surface area (Å²) in [5.74, 6) is 1.10. The van der Waals surface area contributed by atoms with E-state index in [1.54, 1.807) is 0 Å². The van der Waals surface area contributed by atoms with Gasteiger partial charge in [0.15, 0.2) is 5.96 Å². The van der Waals surface area contributed by atoms with E-state index in [0.717, 1.165) is 19.0 Å². The first kappa shape index (κ1) is 17.0. The van der Waals surface area contributed by atoms with Crippen LogP contribution in [0.1, 0.15) is 38.5 Å². The van der Waals surface area contributed by atoms with E-state index in [2.05, 4.69) is 20.1 Å². The molecular weight excluding hydrogens is 351 g/mol. The van der Waals surface area contributed by atoms with Crippen molar-refractivity contribution in [1.82, 2.24) is 15.1 Å². The SMILES string of the molecule is CN=C(NCCN1CCCCCC1)N1CCCC1.I. The van der Waals surface area contributed by atoms with Crippen molar-refractivity contribution < 1.29 is 0 Å². The lowest BCUT2D eigenvalue weighted by molar-refractivity contribution is 0.288. The van der Waals surface area contributed by atoms with Gasteiger partial charge in [0.25, 0.3) is 0 Å². The lowest BCUT2D eigenvalue weighted by Gasteiger charge is -2.24.